The number of hydrogen-bond acceptors (Lipinski definition) is 7. The molecule has 1 aliphatic carbocycles. The number of ether oxygens (including phenoxy) is 1. The fraction of sp³-hybridized carbons (Fsp3) is 0.409. The Balaban J connectivity index is 1.46. The van der Waals surface area contributed by atoms with Crippen LogP contribution >= 0.6 is 0 Å². The van der Waals surface area contributed by atoms with Crippen LogP contribution in [0.15, 0.2) is 36.7 Å². The van der Waals surface area contributed by atoms with Crippen molar-refractivity contribution in [3.05, 3.63) is 42.2 Å². The second-order valence-corrected chi connectivity index (χ2v) is 8.04. The Morgan fingerprint density at radius 1 is 1.09 bits per heavy atom. The SMILES string of the molecule is O=C(CN1C(=O)NC2(CCC(F)(F)CC2)C1=O)c1ccc(-c2nccnc2OCCO)cc1. The van der Waals surface area contributed by atoms with Crippen LogP contribution in [0, 0.1) is 0 Å². The maximum Gasteiger partial charge on any atom is 0.325 e. The number of nitrogens with zero attached hydrogens (tertiary/aromatic N) is 3. The van der Waals surface area contributed by atoms with E-state index in [1.54, 1.807) is 12.1 Å². The van der Waals surface area contributed by atoms with Crippen LogP contribution in [0.1, 0.15) is 36.0 Å². The molecule has 1 saturated heterocycles. The molecule has 1 aromatic carbocycles. The summed E-state index contributed by atoms with van der Waals surface area (Å²) < 4.78 is 32.4. The Hall–Kier alpha value is -3.47. The average Bonchev–Trinajstić information content (AvgIpc) is 3.04. The van der Waals surface area contributed by atoms with E-state index >= 15 is 0 Å². The number of carbonyl (C=O) groups excluding carboxylic acids is 3. The lowest BCUT2D eigenvalue weighted by Crippen LogP contribution is -2.51. The Morgan fingerprint density at radius 2 is 1.76 bits per heavy atom. The molecule has 2 N–H and O–H groups in total. The van der Waals surface area contributed by atoms with Gasteiger partial charge >= 0.3 is 6.03 Å². The highest BCUT2D eigenvalue weighted by Crippen LogP contribution is 2.41. The van der Waals surface area contributed by atoms with Gasteiger partial charge in [-0.2, -0.15) is 0 Å². The van der Waals surface area contributed by atoms with Gasteiger partial charge in [-0.1, -0.05) is 24.3 Å². The normalized spacial score (nSPS) is 18.9. The second-order valence-electron chi connectivity index (χ2n) is 8.04. The van der Waals surface area contributed by atoms with Crippen molar-refractivity contribution in [1.29, 1.82) is 0 Å². The number of aliphatic hydroxyl groups excluding tert-OH is 1. The number of nitrogens with one attached hydrogen (secondary N) is 1. The number of aromatic nitrogens is 2. The van der Waals surface area contributed by atoms with Crippen molar-refractivity contribution in [1.82, 2.24) is 20.2 Å². The van der Waals surface area contributed by atoms with Gasteiger partial charge in [0.1, 0.15) is 17.8 Å². The van der Waals surface area contributed by atoms with E-state index in [1.165, 1.54) is 24.5 Å². The van der Waals surface area contributed by atoms with Crippen LogP contribution in [0.25, 0.3) is 11.3 Å². The molecule has 174 valence electrons. The van der Waals surface area contributed by atoms with Crippen molar-refractivity contribution >= 4 is 17.7 Å². The van der Waals surface area contributed by atoms with Gasteiger partial charge in [-0.15, -0.1) is 0 Å². The van der Waals surface area contributed by atoms with Gasteiger partial charge in [0, 0.05) is 36.4 Å². The van der Waals surface area contributed by atoms with E-state index in [-0.39, 0.29) is 37.5 Å². The number of alkyl halides is 2. The van der Waals surface area contributed by atoms with E-state index in [0.717, 1.165) is 4.90 Å². The number of aliphatic hydroxyl groups is 1. The number of imide groups is 1. The van der Waals surface area contributed by atoms with Crippen LogP contribution in [0.5, 0.6) is 5.88 Å². The first-order valence-corrected chi connectivity index (χ1v) is 10.4. The Kier molecular flexibility index (Phi) is 6.07. The van der Waals surface area contributed by atoms with E-state index in [0.29, 0.717) is 11.3 Å². The zero-order chi connectivity index (χ0) is 23.6. The highest BCUT2D eigenvalue weighted by molar-refractivity contribution is 6.11. The van der Waals surface area contributed by atoms with Gasteiger partial charge < -0.3 is 15.2 Å². The van der Waals surface area contributed by atoms with Crippen molar-refractivity contribution in [3.63, 3.8) is 0 Å². The minimum Gasteiger partial charge on any atom is -0.474 e. The number of hydrogen-bond donors (Lipinski definition) is 2. The van der Waals surface area contributed by atoms with Gasteiger partial charge in [-0.25, -0.2) is 23.5 Å². The summed E-state index contributed by atoms with van der Waals surface area (Å²) in [6.45, 7) is -0.624. The molecule has 1 aromatic heterocycles. The Morgan fingerprint density at radius 3 is 2.42 bits per heavy atom. The summed E-state index contributed by atoms with van der Waals surface area (Å²) in [6.07, 6.45) is 1.62. The van der Waals surface area contributed by atoms with Crippen LogP contribution in [0.4, 0.5) is 13.6 Å². The van der Waals surface area contributed by atoms with Gasteiger partial charge in [0.05, 0.1) is 13.2 Å². The Labute approximate surface area is 187 Å². The van der Waals surface area contributed by atoms with E-state index in [1.807, 2.05) is 0 Å². The third-order valence-electron chi connectivity index (χ3n) is 5.86. The van der Waals surface area contributed by atoms with E-state index in [9.17, 15) is 23.2 Å². The fourth-order valence-electron chi connectivity index (χ4n) is 4.02. The van der Waals surface area contributed by atoms with Gasteiger partial charge in [0.25, 0.3) is 5.91 Å². The summed E-state index contributed by atoms with van der Waals surface area (Å²) in [6, 6.07) is 5.55. The molecule has 1 spiro atoms. The number of carbonyl (C=O) groups is 3. The van der Waals surface area contributed by atoms with Crippen molar-refractivity contribution in [2.75, 3.05) is 19.8 Å². The predicted octanol–water partition coefficient (Wildman–Crippen LogP) is 2.20. The highest BCUT2D eigenvalue weighted by Gasteiger charge is 2.55. The molecule has 0 bridgehead atoms. The molecule has 4 rings (SSSR count). The van der Waals surface area contributed by atoms with Crippen LogP contribution in [-0.2, 0) is 4.79 Å². The molecule has 0 radical (unpaired) electrons. The predicted molar refractivity (Wildman–Crippen MR) is 111 cm³/mol. The van der Waals surface area contributed by atoms with Gasteiger partial charge in [0.2, 0.25) is 11.8 Å². The third kappa shape index (κ3) is 4.54. The molecular weight excluding hydrogens is 438 g/mol. The number of Topliss-reactive ketones (excluding diaryl/α,β-unsaturated/α-hetero) is 1. The second kappa shape index (κ2) is 8.81. The summed E-state index contributed by atoms with van der Waals surface area (Å²) >= 11 is 0. The Bertz CT molecular complexity index is 1070. The summed E-state index contributed by atoms with van der Waals surface area (Å²) in [5.74, 6) is -3.74. The number of ketones is 1. The average molecular weight is 460 g/mol. The van der Waals surface area contributed by atoms with Crippen LogP contribution in [-0.4, -0.2) is 68.9 Å². The largest absolute Gasteiger partial charge is 0.474 e. The first-order valence-electron chi connectivity index (χ1n) is 10.4. The number of urea groups is 1. The quantitative estimate of drug-likeness (QED) is 0.480. The summed E-state index contributed by atoms with van der Waals surface area (Å²) in [7, 11) is 0. The molecule has 2 heterocycles. The van der Waals surface area contributed by atoms with Crippen LogP contribution in [0.3, 0.4) is 0 Å². The highest BCUT2D eigenvalue weighted by atomic mass is 19.3. The lowest BCUT2D eigenvalue weighted by molar-refractivity contribution is -0.135. The number of amides is 3. The topological polar surface area (TPSA) is 122 Å². The van der Waals surface area contributed by atoms with E-state index < -0.39 is 48.6 Å². The molecule has 11 heteroatoms. The van der Waals surface area contributed by atoms with Crippen LogP contribution < -0.4 is 10.1 Å². The van der Waals surface area contributed by atoms with E-state index in [2.05, 4.69) is 15.3 Å². The van der Waals surface area contributed by atoms with Crippen LogP contribution in [0.2, 0.25) is 0 Å². The van der Waals surface area contributed by atoms with Crippen molar-refractivity contribution in [2.45, 2.75) is 37.1 Å². The van der Waals surface area contributed by atoms with Crippen molar-refractivity contribution in [2.24, 2.45) is 0 Å². The summed E-state index contributed by atoms with van der Waals surface area (Å²) in [5.41, 5.74) is -0.0585. The molecule has 3 amide bonds. The van der Waals surface area contributed by atoms with Crippen molar-refractivity contribution in [3.8, 4) is 17.1 Å². The molecule has 9 nitrogen and oxygen atoms in total. The summed E-state index contributed by atoms with van der Waals surface area (Å²) in [4.78, 5) is 47.0. The maximum absolute atomic E-state index is 13.5. The molecule has 1 aliphatic heterocycles. The van der Waals surface area contributed by atoms with Gasteiger partial charge in [0.15, 0.2) is 5.78 Å². The first kappa shape index (κ1) is 22.7. The fourth-order valence-corrected chi connectivity index (χ4v) is 4.02. The zero-order valence-corrected chi connectivity index (χ0v) is 17.6. The molecule has 0 unspecified atom stereocenters. The van der Waals surface area contributed by atoms with Crippen molar-refractivity contribution < 1.29 is 33.0 Å². The maximum atomic E-state index is 13.5. The molecule has 0 atom stereocenters. The lowest BCUT2D eigenvalue weighted by Gasteiger charge is -2.34. The monoisotopic (exact) mass is 460 g/mol. The molecule has 1 saturated carbocycles. The molecular formula is C22H22F2N4O5. The van der Waals surface area contributed by atoms with Gasteiger partial charge in [-0.3, -0.25) is 14.5 Å². The number of benzene rings is 1. The first-order chi connectivity index (χ1) is 15.7. The molecule has 33 heavy (non-hydrogen) atoms. The molecule has 2 aromatic rings. The number of halogens is 2. The summed E-state index contributed by atoms with van der Waals surface area (Å²) in [5, 5.41) is 11.5. The molecule has 2 fully saturated rings. The third-order valence-corrected chi connectivity index (χ3v) is 5.86. The molecule has 2 aliphatic rings. The smallest absolute Gasteiger partial charge is 0.325 e. The van der Waals surface area contributed by atoms with Gasteiger partial charge in [-0.05, 0) is 12.8 Å². The van der Waals surface area contributed by atoms with E-state index in [4.69, 9.17) is 9.84 Å². The minimum atomic E-state index is -2.85. The minimum absolute atomic E-state index is 0.0489. The number of rotatable bonds is 7. The lowest BCUT2D eigenvalue weighted by atomic mass is 9.80. The standard InChI is InChI=1S/C22H22F2N4O5/c23-22(24)7-5-21(6-8-22)19(31)28(20(32)27-21)13-16(30)14-1-3-15(4-2-14)17-18(33-12-11-29)26-10-9-25-17/h1-4,9-10,29H,5-8,11-13H2,(H,27,32). The zero-order valence-electron chi connectivity index (χ0n) is 17.6.